The fourth-order valence-corrected chi connectivity index (χ4v) is 1.90. The molecule has 0 aliphatic heterocycles. The molecule has 2 aromatic heterocycles. The zero-order valence-corrected chi connectivity index (χ0v) is 8.02. The maximum atomic E-state index is 11.0. The average molecular weight is 191 g/mol. The number of hydrogen-bond acceptors (Lipinski definition) is 2. The molecule has 0 aliphatic rings. The lowest BCUT2D eigenvalue weighted by molar-refractivity contribution is 1.24. The second-order valence-corrected chi connectivity index (χ2v) is 3.99. The highest BCUT2D eigenvalue weighted by Gasteiger charge is 1.99. The van der Waals surface area contributed by atoms with E-state index in [9.17, 15) is 4.79 Å². The highest BCUT2D eigenvalue weighted by Crippen LogP contribution is 2.22. The maximum absolute atomic E-state index is 11.0. The van der Waals surface area contributed by atoms with Crippen molar-refractivity contribution in [2.24, 2.45) is 0 Å². The second kappa shape index (κ2) is 3.18. The van der Waals surface area contributed by atoms with Crippen LogP contribution in [0.4, 0.5) is 0 Å². The maximum Gasteiger partial charge on any atom is 0.248 e. The van der Waals surface area contributed by atoms with Gasteiger partial charge >= 0.3 is 0 Å². The Labute approximate surface area is 79.9 Å². The molecule has 0 unspecified atom stereocenters. The molecule has 2 nitrogen and oxygen atoms in total. The van der Waals surface area contributed by atoms with E-state index in [1.54, 1.807) is 17.4 Å². The van der Waals surface area contributed by atoms with E-state index in [-0.39, 0.29) is 5.56 Å². The monoisotopic (exact) mass is 191 g/mol. The summed E-state index contributed by atoms with van der Waals surface area (Å²) in [6.07, 6.45) is 0. The molecule has 0 atom stereocenters. The van der Waals surface area contributed by atoms with Crippen LogP contribution in [0.5, 0.6) is 0 Å². The molecule has 3 heteroatoms. The first kappa shape index (κ1) is 8.26. The summed E-state index contributed by atoms with van der Waals surface area (Å²) in [7, 11) is 0. The van der Waals surface area contributed by atoms with Gasteiger partial charge in [-0.2, -0.15) is 0 Å². The van der Waals surface area contributed by atoms with Crippen molar-refractivity contribution in [1.29, 1.82) is 0 Å². The molecule has 0 aromatic carbocycles. The van der Waals surface area contributed by atoms with Gasteiger partial charge in [-0.05, 0) is 19.1 Å². The van der Waals surface area contributed by atoms with Crippen LogP contribution in [0.2, 0.25) is 0 Å². The number of aromatic amines is 1. The van der Waals surface area contributed by atoms with Crippen LogP contribution in [-0.4, -0.2) is 4.98 Å². The second-order valence-electron chi connectivity index (χ2n) is 2.87. The van der Waals surface area contributed by atoms with E-state index in [1.165, 1.54) is 10.9 Å². The number of H-pyrrole nitrogens is 1. The van der Waals surface area contributed by atoms with E-state index < -0.39 is 0 Å². The molecule has 66 valence electrons. The van der Waals surface area contributed by atoms with Crippen LogP contribution in [0.25, 0.3) is 11.3 Å². The Morgan fingerprint density at radius 2 is 2.23 bits per heavy atom. The van der Waals surface area contributed by atoms with Crippen molar-refractivity contribution in [2.75, 3.05) is 0 Å². The molecular formula is C10H9NOS. The van der Waals surface area contributed by atoms with Gasteiger partial charge in [0.25, 0.3) is 0 Å². The van der Waals surface area contributed by atoms with Crippen molar-refractivity contribution < 1.29 is 0 Å². The molecule has 2 aromatic rings. The van der Waals surface area contributed by atoms with Crippen LogP contribution in [-0.2, 0) is 0 Å². The molecule has 0 bridgehead atoms. The molecule has 0 aliphatic carbocycles. The topological polar surface area (TPSA) is 32.9 Å². The summed E-state index contributed by atoms with van der Waals surface area (Å²) in [5, 5.41) is 2.04. The van der Waals surface area contributed by atoms with E-state index in [2.05, 4.69) is 18.0 Å². The highest BCUT2D eigenvalue weighted by molar-refractivity contribution is 7.10. The Hall–Kier alpha value is -1.35. The van der Waals surface area contributed by atoms with E-state index >= 15 is 0 Å². The zero-order valence-electron chi connectivity index (χ0n) is 7.20. The van der Waals surface area contributed by atoms with Gasteiger partial charge in [0.2, 0.25) is 5.56 Å². The van der Waals surface area contributed by atoms with Crippen molar-refractivity contribution in [3.8, 4) is 11.3 Å². The summed E-state index contributed by atoms with van der Waals surface area (Å²) in [5.74, 6) is 0. The number of nitrogens with one attached hydrogen (secondary N) is 1. The normalized spacial score (nSPS) is 10.2. The van der Waals surface area contributed by atoms with E-state index in [0.29, 0.717) is 0 Å². The van der Waals surface area contributed by atoms with E-state index in [4.69, 9.17) is 0 Å². The third-order valence-electron chi connectivity index (χ3n) is 1.81. The molecule has 0 saturated heterocycles. The number of pyridine rings is 1. The van der Waals surface area contributed by atoms with Gasteiger partial charge in [0.1, 0.15) is 0 Å². The lowest BCUT2D eigenvalue weighted by atomic mass is 10.2. The first-order valence-electron chi connectivity index (χ1n) is 4.00. The van der Waals surface area contributed by atoms with Gasteiger partial charge in [0.15, 0.2) is 0 Å². The summed E-state index contributed by atoms with van der Waals surface area (Å²) in [4.78, 5) is 15.1. The number of hydrogen-bond donors (Lipinski definition) is 1. The van der Waals surface area contributed by atoms with Crippen molar-refractivity contribution in [1.82, 2.24) is 4.98 Å². The number of rotatable bonds is 1. The predicted octanol–water partition coefficient (Wildman–Crippen LogP) is 2.41. The summed E-state index contributed by atoms with van der Waals surface area (Å²) in [6.45, 7) is 2.05. The predicted molar refractivity (Wildman–Crippen MR) is 55.1 cm³/mol. The summed E-state index contributed by atoms with van der Waals surface area (Å²) >= 11 is 1.68. The Bertz CT molecular complexity index is 470. The van der Waals surface area contributed by atoms with Crippen LogP contribution >= 0.6 is 11.3 Å². The minimum Gasteiger partial charge on any atom is -0.322 e. The standard InChI is InChI=1S/C10H9NOS/c1-7-5-8(6-13-7)9-3-2-4-10(12)11-9/h2-6H,1H3,(H,11,12). The van der Waals surface area contributed by atoms with Gasteiger partial charge < -0.3 is 4.98 Å². The molecule has 0 radical (unpaired) electrons. The fraction of sp³-hybridized carbons (Fsp3) is 0.100. The SMILES string of the molecule is Cc1cc(-c2cccc(=O)[nH]2)cs1. The van der Waals surface area contributed by atoms with Crippen LogP contribution in [0, 0.1) is 6.92 Å². The number of thiophene rings is 1. The molecule has 0 spiro atoms. The van der Waals surface area contributed by atoms with Gasteiger partial charge in [-0.1, -0.05) is 6.07 Å². The van der Waals surface area contributed by atoms with Crippen LogP contribution < -0.4 is 5.56 Å². The molecular weight excluding hydrogens is 182 g/mol. The number of aryl methyl sites for hydroxylation is 1. The Kier molecular flexibility index (Phi) is 2.02. The van der Waals surface area contributed by atoms with Crippen LogP contribution in [0.1, 0.15) is 4.88 Å². The van der Waals surface area contributed by atoms with Crippen molar-refractivity contribution in [3.63, 3.8) is 0 Å². The van der Waals surface area contributed by atoms with Crippen molar-refractivity contribution in [2.45, 2.75) is 6.92 Å². The molecule has 0 amide bonds. The van der Waals surface area contributed by atoms with E-state index in [1.807, 2.05) is 11.4 Å². The van der Waals surface area contributed by atoms with Crippen LogP contribution in [0.3, 0.4) is 0 Å². The van der Waals surface area contributed by atoms with Gasteiger partial charge in [-0.25, -0.2) is 0 Å². The van der Waals surface area contributed by atoms with Gasteiger partial charge in [-0.3, -0.25) is 4.79 Å². The molecule has 2 rings (SSSR count). The average Bonchev–Trinajstić information content (AvgIpc) is 2.52. The Balaban J connectivity index is 2.52. The third kappa shape index (κ3) is 1.70. The minimum atomic E-state index is -0.0543. The first-order chi connectivity index (χ1) is 6.25. The molecule has 0 fully saturated rings. The third-order valence-corrected chi connectivity index (χ3v) is 2.67. The molecule has 13 heavy (non-hydrogen) atoms. The van der Waals surface area contributed by atoms with Gasteiger partial charge in [-0.15, -0.1) is 11.3 Å². The van der Waals surface area contributed by atoms with Crippen molar-refractivity contribution in [3.05, 3.63) is 44.9 Å². The van der Waals surface area contributed by atoms with E-state index in [0.717, 1.165) is 11.3 Å². The Morgan fingerprint density at radius 1 is 1.38 bits per heavy atom. The summed E-state index contributed by atoms with van der Waals surface area (Å²) < 4.78 is 0. The summed E-state index contributed by atoms with van der Waals surface area (Å²) in [6, 6.07) is 7.25. The molecule has 0 saturated carbocycles. The largest absolute Gasteiger partial charge is 0.322 e. The highest BCUT2D eigenvalue weighted by atomic mass is 32.1. The smallest absolute Gasteiger partial charge is 0.248 e. The first-order valence-corrected chi connectivity index (χ1v) is 4.88. The van der Waals surface area contributed by atoms with Crippen LogP contribution in [0.15, 0.2) is 34.4 Å². The Morgan fingerprint density at radius 3 is 2.85 bits per heavy atom. The fourth-order valence-electron chi connectivity index (χ4n) is 1.20. The van der Waals surface area contributed by atoms with Gasteiger partial charge in [0.05, 0.1) is 0 Å². The number of aromatic nitrogens is 1. The lowest BCUT2D eigenvalue weighted by Crippen LogP contribution is -2.02. The lowest BCUT2D eigenvalue weighted by Gasteiger charge is -1.94. The molecule has 1 N–H and O–H groups in total. The quantitative estimate of drug-likeness (QED) is 0.737. The minimum absolute atomic E-state index is 0.0543. The van der Waals surface area contributed by atoms with Crippen molar-refractivity contribution >= 4 is 11.3 Å². The molecule has 2 heterocycles. The van der Waals surface area contributed by atoms with Gasteiger partial charge in [0, 0.05) is 27.6 Å². The summed E-state index contributed by atoms with van der Waals surface area (Å²) in [5.41, 5.74) is 1.92. The zero-order chi connectivity index (χ0) is 9.26.